The summed E-state index contributed by atoms with van der Waals surface area (Å²) >= 11 is 0. The van der Waals surface area contributed by atoms with E-state index in [1.54, 1.807) is 19.9 Å². The van der Waals surface area contributed by atoms with Crippen molar-refractivity contribution in [2.24, 2.45) is 0 Å². The summed E-state index contributed by atoms with van der Waals surface area (Å²) in [6, 6.07) is 3.02. The number of hydrogen-bond acceptors (Lipinski definition) is 4. The summed E-state index contributed by atoms with van der Waals surface area (Å²) in [6.45, 7) is 3.33. The molecule has 7 nitrogen and oxygen atoms in total. The van der Waals surface area contributed by atoms with E-state index in [9.17, 15) is 19.7 Å². The van der Waals surface area contributed by atoms with Crippen LogP contribution in [0.25, 0.3) is 0 Å². The number of carbonyl (C=O) groups excluding carboxylic acids is 1. The third kappa shape index (κ3) is 3.91. The van der Waals surface area contributed by atoms with Gasteiger partial charge in [-0.1, -0.05) is 6.07 Å². The molecule has 0 aromatic heterocycles. The van der Waals surface area contributed by atoms with Crippen LogP contribution < -0.4 is 5.32 Å². The number of amides is 1. The van der Waals surface area contributed by atoms with Gasteiger partial charge in [0, 0.05) is 18.2 Å². The quantitative estimate of drug-likeness (QED) is 0.489. The van der Waals surface area contributed by atoms with Gasteiger partial charge in [-0.3, -0.25) is 14.9 Å². The van der Waals surface area contributed by atoms with Crippen LogP contribution in [0.15, 0.2) is 24.3 Å². The fourth-order valence-electron chi connectivity index (χ4n) is 1.56. The minimum Gasteiger partial charge on any atom is -0.478 e. The molecule has 0 heterocycles. The monoisotopic (exact) mass is 264 g/mol. The number of carboxylic acids is 1. The Morgan fingerprint density at radius 1 is 1.32 bits per heavy atom. The van der Waals surface area contributed by atoms with Gasteiger partial charge >= 0.3 is 5.97 Å². The van der Waals surface area contributed by atoms with Crippen LogP contribution in [0.2, 0.25) is 0 Å². The summed E-state index contributed by atoms with van der Waals surface area (Å²) in [5.41, 5.74) is 1.07. The van der Waals surface area contributed by atoms with Crippen molar-refractivity contribution in [3.05, 3.63) is 45.5 Å². The van der Waals surface area contributed by atoms with Crippen molar-refractivity contribution in [2.75, 3.05) is 5.32 Å². The molecule has 0 atom stereocenters. The lowest BCUT2D eigenvalue weighted by Gasteiger charge is -2.08. The molecule has 2 N–H and O–H groups in total. The number of carbonyl (C=O) groups is 2. The third-order valence-electron chi connectivity index (χ3n) is 2.28. The van der Waals surface area contributed by atoms with Crippen LogP contribution in [0.4, 0.5) is 11.4 Å². The maximum atomic E-state index is 11.4. The van der Waals surface area contributed by atoms with Crippen LogP contribution >= 0.6 is 0 Å². The van der Waals surface area contributed by atoms with Gasteiger partial charge in [-0.25, -0.2) is 4.79 Å². The van der Waals surface area contributed by atoms with Crippen molar-refractivity contribution < 1.29 is 19.6 Å². The van der Waals surface area contributed by atoms with Crippen molar-refractivity contribution in [2.45, 2.75) is 13.8 Å². The van der Waals surface area contributed by atoms with Crippen molar-refractivity contribution >= 4 is 23.3 Å². The van der Waals surface area contributed by atoms with Gasteiger partial charge in [0.1, 0.15) is 5.69 Å². The molecule has 0 saturated heterocycles. The average molecular weight is 264 g/mol. The first-order valence-electron chi connectivity index (χ1n) is 5.29. The molecular formula is C12H12N2O5. The summed E-state index contributed by atoms with van der Waals surface area (Å²) < 4.78 is 0. The summed E-state index contributed by atoms with van der Waals surface area (Å²) in [4.78, 5) is 32.0. The topological polar surface area (TPSA) is 110 Å². The molecule has 0 bridgehead atoms. The van der Waals surface area contributed by atoms with E-state index in [-0.39, 0.29) is 11.4 Å². The summed E-state index contributed by atoms with van der Waals surface area (Å²) in [7, 11) is 0. The Bertz CT molecular complexity index is 578. The smallest absolute Gasteiger partial charge is 0.328 e. The zero-order valence-corrected chi connectivity index (χ0v) is 10.3. The van der Waals surface area contributed by atoms with E-state index in [1.807, 2.05) is 0 Å². The van der Waals surface area contributed by atoms with E-state index in [0.29, 0.717) is 17.2 Å². The summed E-state index contributed by atoms with van der Waals surface area (Å²) in [6.07, 6.45) is 1.45. The molecule has 7 heteroatoms. The lowest BCUT2D eigenvalue weighted by atomic mass is 10.1. The van der Waals surface area contributed by atoms with Gasteiger partial charge in [0.2, 0.25) is 5.91 Å². The zero-order chi connectivity index (χ0) is 14.6. The van der Waals surface area contributed by atoms with Crippen molar-refractivity contribution in [1.29, 1.82) is 0 Å². The Labute approximate surface area is 108 Å². The molecule has 1 aromatic rings. The number of carboxylic acid groups (broad SMARTS) is 1. The minimum atomic E-state index is -1.27. The molecule has 0 radical (unpaired) electrons. The minimum absolute atomic E-state index is 0.0654. The van der Waals surface area contributed by atoms with Gasteiger partial charge < -0.3 is 10.4 Å². The highest BCUT2D eigenvalue weighted by Crippen LogP contribution is 2.29. The second-order valence-electron chi connectivity index (χ2n) is 3.89. The van der Waals surface area contributed by atoms with Gasteiger partial charge in [0.05, 0.1) is 4.92 Å². The summed E-state index contributed by atoms with van der Waals surface area (Å²) in [5, 5.41) is 21.6. The number of nitro groups is 1. The van der Waals surface area contributed by atoms with Gasteiger partial charge in [-0.05, 0) is 25.0 Å². The van der Waals surface area contributed by atoms with Gasteiger partial charge in [-0.2, -0.15) is 0 Å². The highest BCUT2D eigenvalue weighted by Gasteiger charge is 2.18. The molecule has 0 aliphatic carbocycles. The molecule has 0 saturated carbocycles. The number of rotatable bonds is 4. The number of anilines is 1. The van der Waals surface area contributed by atoms with Crippen LogP contribution in [-0.4, -0.2) is 21.9 Å². The maximum Gasteiger partial charge on any atom is 0.328 e. The number of benzene rings is 1. The van der Waals surface area contributed by atoms with Crippen LogP contribution in [-0.2, 0) is 9.59 Å². The van der Waals surface area contributed by atoms with Gasteiger partial charge in [-0.15, -0.1) is 0 Å². The molecular weight excluding hydrogens is 252 g/mol. The van der Waals surface area contributed by atoms with Crippen LogP contribution in [0, 0.1) is 24.0 Å². The second-order valence-corrected chi connectivity index (χ2v) is 3.89. The number of aliphatic carboxylic acids is 1. The number of hydrogen-bond donors (Lipinski definition) is 2. The number of nitrogens with one attached hydrogen (secondary N) is 1. The zero-order valence-electron chi connectivity index (χ0n) is 10.3. The highest BCUT2D eigenvalue weighted by atomic mass is 16.6. The molecule has 1 aromatic carbocycles. The Morgan fingerprint density at radius 3 is 2.47 bits per heavy atom. The number of aryl methyl sites for hydroxylation is 2. The Hall–Kier alpha value is -2.70. The Kier molecular flexibility index (Phi) is 4.36. The lowest BCUT2D eigenvalue weighted by Crippen LogP contribution is -2.12. The standard InChI is InChI=1S/C12H12N2O5/c1-7-5-8(2)12(9(6-7)14(18)19)13-10(15)3-4-11(16)17/h3-6H,1-2H3,(H,13,15)(H,16,17)/b4-3-. The van der Waals surface area contributed by atoms with E-state index >= 15 is 0 Å². The third-order valence-corrected chi connectivity index (χ3v) is 2.28. The molecule has 0 fully saturated rings. The second kappa shape index (κ2) is 5.76. The predicted molar refractivity (Wildman–Crippen MR) is 68.0 cm³/mol. The van der Waals surface area contributed by atoms with Crippen LogP contribution in [0.5, 0.6) is 0 Å². The van der Waals surface area contributed by atoms with Crippen LogP contribution in [0.1, 0.15) is 11.1 Å². The SMILES string of the molecule is Cc1cc(C)c(NC(=O)/C=C\C(=O)O)c([N+](=O)[O-])c1. The molecule has 0 spiro atoms. The van der Waals surface area contributed by atoms with Gasteiger partial charge in [0.15, 0.2) is 0 Å². The molecule has 1 rings (SSSR count). The molecule has 0 aliphatic heterocycles. The maximum absolute atomic E-state index is 11.4. The average Bonchev–Trinajstić information content (AvgIpc) is 2.29. The fourth-order valence-corrected chi connectivity index (χ4v) is 1.56. The summed E-state index contributed by atoms with van der Waals surface area (Å²) in [5.74, 6) is -2.01. The van der Waals surface area contributed by atoms with Gasteiger partial charge in [0.25, 0.3) is 5.69 Å². The van der Waals surface area contributed by atoms with E-state index in [2.05, 4.69) is 5.32 Å². The number of nitrogens with zero attached hydrogens (tertiary/aromatic N) is 1. The van der Waals surface area contributed by atoms with Crippen LogP contribution in [0.3, 0.4) is 0 Å². The first kappa shape index (κ1) is 14.4. The van der Waals surface area contributed by atoms with E-state index < -0.39 is 16.8 Å². The Balaban J connectivity index is 3.10. The van der Waals surface area contributed by atoms with Crippen molar-refractivity contribution in [3.8, 4) is 0 Å². The van der Waals surface area contributed by atoms with Crippen molar-refractivity contribution in [1.82, 2.24) is 0 Å². The molecule has 19 heavy (non-hydrogen) atoms. The van der Waals surface area contributed by atoms with Crippen molar-refractivity contribution in [3.63, 3.8) is 0 Å². The molecule has 0 aliphatic rings. The first-order chi connectivity index (χ1) is 8.81. The first-order valence-corrected chi connectivity index (χ1v) is 5.29. The molecule has 100 valence electrons. The van der Waals surface area contributed by atoms with E-state index in [1.165, 1.54) is 6.07 Å². The highest BCUT2D eigenvalue weighted by molar-refractivity contribution is 6.04. The largest absolute Gasteiger partial charge is 0.478 e. The Morgan fingerprint density at radius 2 is 1.95 bits per heavy atom. The number of nitro benzene ring substituents is 1. The molecule has 0 unspecified atom stereocenters. The fraction of sp³-hybridized carbons (Fsp3) is 0.167. The molecule has 1 amide bonds. The van der Waals surface area contributed by atoms with E-state index in [4.69, 9.17) is 5.11 Å². The normalized spacial score (nSPS) is 10.4. The van der Waals surface area contributed by atoms with E-state index in [0.717, 1.165) is 6.08 Å². The lowest BCUT2D eigenvalue weighted by molar-refractivity contribution is -0.384. The predicted octanol–water partition coefficient (Wildman–Crippen LogP) is 1.79.